The minimum absolute atomic E-state index is 0.00269. The number of carbonyl (C=O) groups is 1. The molecule has 8 nitrogen and oxygen atoms in total. The van der Waals surface area contributed by atoms with Gasteiger partial charge >= 0.3 is 8.80 Å². The maximum atomic E-state index is 11.7. The van der Waals surface area contributed by atoms with E-state index in [0.29, 0.717) is 6.04 Å². The summed E-state index contributed by atoms with van der Waals surface area (Å²) < 4.78 is 18.6. The Hall–Kier alpha value is -0.553. The van der Waals surface area contributed by atoms with Crippen molar-refractivity contribution in [3.05, 3.63) is 0 Å². The van der Waals surface area contributed by atoms with Crippen molar-refractivity contribution < 1.29 is 37.9 Å². The molecule has 6 atom stereocenters. The zero-order chi connectivity index (χ0) is 34.2. The Morgan fingerprint density at radius 1 is 0.638 bits per heavy atom. The summed E-state index contributed by atoms with van der Waals surface area (Å²) >= 11 is 0. The molecule has 2 aliphatic heterocycles. The number of fused-ring (bicyclic) bond motifs is 2. The predicted molar refractivity (Wildman–Crippen MR) is 191 cm³/mol. The van der Waals surface area contributed by atoms with E-state index < -0.39 is 39.2 Å². The number of rotatable bonds is 31. The normalized spacial score (nSPS) is 25.6. The fourth-order valence-corrected chi connectivity index (χ4v) is 10.4. The van der Waals surface area contributed by atoms with Gasteiger partial charge in [-0.1, -0.05) is 142 Å². The summed E-state index contributed by atoms with van der Waals surface area (Å²) in [7, 11) is -0.958. The molecule has 0 radical (unpaired) electrons. The molecule has 278 valence electrons. The van der Waals surface area contributed by atoms with Crippen LogP contribution in [0.25, 0.3) is 0 Å². The van der Waals surface area contributed by atoms with Gasteiger partial charge in [0.2, 0.25) is 0 Å². The molecule has 2 saturated heterocycles. The predicted octanol–water partition coefficient (Wildman–Crippen LogP) is 7.45. The molecule has 0 aromatic rings. The third-order valence-corrected chi connectivity index (χ3v) is 13.5. The number of carboxylic acid groups (broad SMARTS) is 1. The van der Waals surface area contributed by atoms with Crippen LogP contribution in [0.3, 0.4) is 0 Å². The van der Waals surface area contributed by atoms with Crippen molar-refractivity contribution in [3.8, 4) is 0 Å². The van der Waals surface area contributed by atoms with Crippen molar-refractivity contribution in [2.24, 2.45) is 0 Å². The van der Waals surface area contributed by atoms with E-state index in [1.165, 1.54) is 154 Å². The number of aliphatic hydroxyl groups is 2. The second-order valence-electron chi connectivity index (χ2n) is 15.2. The van der Waals surface area contributed by atoms with Crippen LogP contribution < -0.4 is 5.11 Å². The summed E-state index contributed by atoms with van der Waals surface area (Å²) in [4.78, 5) is 11.7. The van der Waals surface area contributed by atoms with E-state index >= 15 is 0 Å². The Kier molecular flexibility index (Phi) is 23.0. The largest absolute Gasteiger partial charge is 0.547 e. The SMILES string of the molecule is CCCCCCCCCCCCCCCCCC[N+](C)(CCCCCCCCCC)CCC[Si]12OCC(O)C(O1)C(O)C(C(=O)[O-])O2. The minimum atomic E-state index is -3.33. The summed E-state index contributed by atoms with van der Waals surface area (Å²) in [5.41, 5.74) is 0. The van der Waals surface area contributed by atoms with E-state index in [2.05, 4.69) is 20.9 Å². The fraction of sp³-hybridized carbons (Fsp3) is 0.974. The Bertz CT molecular complexity index is 791. The number of aliphatic hydroxyl groups excluding tert-OH is 2. The summed E-state index contributed by atoms with van der Waals surface area (Å²) in [5.74, 6) is -1.49. The molecule has 0 aromatic carbocycles. The molecule has 0 amide bonds. The number of unbranched alkanes of at least 4 members (excludes halogenated alkanes) is 22. The van der Waals surface area contributed by atoms with Gasteiger partial charge in [0.1, 0.15) is 24.4 Å². The smallest absolute Gasteiger partial charge is 0.502 e. The van der Waals surface area contributed by atoms with Crippen LogP contribution >= 0.6 is 0 Å². The Morgan fingerprint density at radius 3 is 1.43 bits per heavy atom. The van der Waals surface area contributed by atoms with Crippen LogP contribution in [0.1, 0.15) is 174 Å². The molecule has 6 unspecified atom stereocenters. The molecule has 2 bridgehead atoms. The number of carbonyl (C=O) groups excluding carboxylic acids is 1. The summed E-state index contributed by atoms with van der Waals surface area (Å²) in [6.45, 7) is 7.79. The Morgan fingerprint density at radius 2 is 1.02 bits per heavy atom. The zero-order valence-corrected chi connectivity index (χ0v) is 31.9. The highest BCUT2D eigenvalue weighted by molar-refractivity contribution is 6.61. The maximum absolute atomic E-state index is 11.7. The van der Waals surface area contributed by atoms with E-state index in [9.17, 15) is 20.1 Å². The number of hydrogen-bond donors (Lipinski definition) is 2. The quantitative estimate of drug-likeness (QED) is 0.0443. The topological polar surface area (TPSA) is 108 Å². The third kappa shape index (κ3) is 17.8. The van der Waals surface area contributed by atoms with Gasteiger partial charge in [0.05, 0.1) is 39.3 Å². The van der Waals surface area contributed by atoms with Gasteiger partial charge in [0, 0.05) is 12.5 Å². The molecular weight excluding hydrogens is 611 g/mol. The molecule has 9 heteroatoms. The molecule has 2 aliphatic rings. The molecule has 0 aromatic heterocycles. The molecule has 2 fully saturated rings. The van der Waals surface area contributed by atoms with Gasteiger partial charge in [-0.15, -0.1) is 0 Å². The fourth-order valence-electron chi connectivity index (χ4n) is 7.48. The molecule has 2 N–H and O–H groups in total. The molecule has 2 heterocycles. The van der Waals surface area contributed by atoms with E-state index in [1.807, 2.05) is 0 Å². The van der Waals surface area contributed by atoms with E-state index in [0.717, 1.165) is 30.5 Å². The molecule has 47 heavy (non-hydrogen) atoms. The lowest BCUT2D eigenvalue weighted by molar-refractivity contribution is -0.910. The first-order valence-electron chi connectivity index (χ1n) is 20.2. The van der Waals surface area contributed by atoms with E-state index in [1.54, 1.807) is 0 Å². The van der Waals surface area contributed by atoms with Gasteiger partial charge in [0.15, 0.2) is 0 Å². The van der Waals surface area contributed by atoms with Crippen molar-refractivity contribution in [1.29, 1.82) is 0 Å². The van der Waals surface area contributed by atoms with Crippen molar-refractivity contribution >= 4 is 14.8 Å². The average molecular weight is 686 g/mol. The summed E-state index contributed by atoms with van der Waals surface area (Å²) in [5, 5.41) is 32.3. The van der Waals surface area contributed by atoms with Crippen LogP contribution in [0.15, 0.2) is 0 Å². The number of carboxylic acids is 1. The number of quaternary nitrogens is 1. The first-order valence-corrected chi connectivity index (χ1v) is 22.1. The lowest BCUT2D eigenvalue weighted by Gasteiger charge is -2.49. The molecule has 0 spiro atoms. The van der Waals surface area contributed by atoms with Crippen molar-refractivity contribution in [3.63, 3.8) is 0 Å². The van der Waals surface area contributed by atoms with Gasteiger partial charge in [0.25, 0.3) is 0 Å². The highest BCUT2D eigenvalue weighted by atomic mass is 28.4. The number of nitrogens with zero attached hydrogens (tertiary/aromatic N) is 1. The zero-order valence-electron chi connectivity index (χ0n) is 30.9. The monoisotopic (exact) mass is 686 g/mol. The van der Waals surface area contributed by atoms with Crippen LogP contribution in [0.5, 0.6) is 0 Å². The average Bonchev–Trinajstić information content (AvgIpc) is 3.05. The second-order valence-corrected chi connectivity index (χ2v) is 17.8. The van der Waals surface area contributed by atoms with Crippen molar-refractivity contribution in [1.82, 2.24) is 0 Å². The van der Waals surface area contributed by atoms with Crippen LogP contribution in [-0.2, 0) is 18.1 Å². The summed E-state index contributed by atoms with van der Waals surface area (Å²) in [6.07, 6.45) is 28.2. The first kappa shape index (κ1) is 42.6. The van der Waals surface area contributed by atoms with Crippen molar-refractivity contribution in [2.45, 2.75) is 205 Å². The minimum Gasteiger partial charge on any atom is -0.547 e. The van der Waals surface area contributed by atoms with Crippen LogP contribution in [0.4, 0.5) is 0 Å². The van der Waals surface area contributed by atoms with Gasteiger partial charge in [-0.2, -0.15) is 0 Å². The summed E-state index contributed by atoms with van der Waals surface area (Å²) in [6, 6.07) is 0.483. The van der Waals surface area contributed by atoms with Crippen LogP contribution in [0.2, 0.25) is 6.04 Å². The maximum Gasteiger partial charge on any atom is 0.502 e. The molecule has 0 saturated carbocycles. The van der Waals surface area contributed by atoms with Gasteiger partial charge in [-0.3, -0.25) is 0 Å². The highest BCUT2D eigenvalue weighted by Crippen LogP contribution is 2.35. The van der Waals surface area contributed by atoms with Crippen LogP contribution in [0, 0.1) is 0 Å². The standard InChI is InChI=1S/C38H75NO7Si/c1-4-6-8-10-12-14-15-16-17-18-19-20-21-23-25-27-30-39(3,29-26-24-22-13-11-9-7-5-2)31-28-32-47-44-33-34(40)36(45-47)35(41)37(46-47)38(42)43/h34-37,40-41H,4-33H2,1-3H3. The number of aliphatic carboxylic acids is 1. The van der Waals surface area contributed by atoms with Crippen molar-refractivity contribution in [2.75, 3.05) is 33.3 Å². The lowest BCUT2D eigenvalue weighted by atomic mass is 10.0. The Labute approximate surface area is 290 Å². The number of hydrogen-bond acceptors (Lipinski definition) is 7. The molecule has 0 aliphatic carbocycles. The van der Waals surface area contributed by atoms with Gasteiger partial charge in [-0.25, -0.2) is 0 Å². The Balaban J connectivity index is 1.70. The van der Waals surface area contributed by atoms with E-state index in [4.69, 9.17) is 13.3 Å². The second kappa shape index (κ2) is 25.4. The van der Waals surface area contributed by atoms with Gasteiger partial charge in [-0.05, 0) is 25.7 Å². The van der Waals surface area contributed by atoms with Gasteiger partial charge < -0.3 is 37.9 Å². The molecule has 2 rings (SSSR count). The van der Waals surface area contributed by atoms with Crippen LogP contribution in [-0.4, -0.2) is 87.2 Å². The first-order chi connectivity index (χ1) is 22.8. The third-order valence-electron chi connectivity index (χ3n) is 10.6. The molecular formula is C38H75NO7Si. The van der Waals surface area contributed by atoms with E-state index in [-0.39, 0.29) is 6.61 Å². The highest BCUT2D eigenvalue weighted by Gasteiger charge is 2.58. The lowest BCUT2D eigenvalue weighted by Crippen LogP contribution is -2.71.